The minimum Gasteiger partial charge on any atom is -0.497 e. The van der Waals surface area contributed by atoms with Crippen molar-refractivity contribution in [1.82, 2.24) is 10.2 Å². The first-order valence-electron chi connectivity index (χ1n) is 11.7. The van der Waals surface area contributed by atoms with Gasteiger partial charge < -0.3 is 24.4 Å². The van der Waals surface area contributed by atoms with E-state index in [0.717, 1.165) is 11.3 Å². The average Bonchev–Trinajstić information content (AvgIpc) is 2.92. The van der Waals surface area contributed by atoms with Crippen LogP contribution < -0.4 is 19.5 Å². The Morgan fingerprint density at radius 2 is 1.64 bits per heavy atom. The van der Waals surface area contributed by atoms with Gasteiger partial charge in [-0.1, -0.05) is 35.9 Å². The Morgan fingerprint density at radius 1 is 0.917 bits per heavy atom. The van der Waals surface area contributed by atoms with Crippen LogP contribution in [0.1, 0.15) is 38.6 Å². The first kappa shape index (κ1) is 25.4. The van der Waals surface area contributed by atoms with Crippen molar-refractivity contribution in [3.63, 3.8) is 0 Å². The average molecular weight is 509 g/mol. The number of piperidine rings is 1. The van der Waals surface area contributed by atoms with Gasteiger partial charge in [0.05, 0.1) is 31.9 Å². The topological polar surface area (TPSA) is 77.1 Å². The largest absolute Gasteiger partial charge is 0.497 e. The number of methoxy groups -OCH3 is 3. The molecule has 4 rings (SSSR count). The van der Waals surface area contributed by atoms with Gasteiger partial charge in [-0.3, -0.25) is 9.59 Å². The molecule has 36 heavy (non-hydrogen) atoms. The van der Waals surface area contributed by atoms with Crippen LogP contribution in [-0.4, -0.2) is 57.2 Å². The summed E-state index contributed by atoms with van der Waals surface area (Å²) < 4.78 is 16.0. The number of carbonyl (C=O) groups excluding carboxylic acids is 2. The fourth-order valence-electron chi connectivity index (χ4n) is 4.54. The van der Waals surface area contributed by atoms with E-state index in [1.54, 1.807) is 63.8 Å². The number of carbonyl (C=O) groups is 2. The second-order valence-electron chi connectivity index (χ2n) is 8.55. The number of hydrogen-bond donors (Lipinski definition) is 1. The van der Waals surface area contributed by atoms with Gasteiger partial charge in [0, 0.05) is 30.6 Å². The van der Waals surface area contributed by atoms with Gasteiger partial charge in [0.15, 0.2) is 11.5 Å². The molecule has 0 saturated carbocycles. The van der Waals surface area contributed by atoms with Gasteiger partial charge in [-0.15, -0.1) is 0 Å². The number of hydrogen-bond acceptors (Lipinski definition) is 5. The molecule has 8 heteroatoms. The van der Waals surface area contributed by atoms with Crippen molar-refractivity contribution in [3.8, 4) is 17.2 Å². The highest BCUT2D eigenvalue weighted by Crippen LogP contribution is 2.32. The summed E-state index contributed by atoms with van der Waals surface area (Å²) in [5, 5.41) is 3.56. The molecule has 3 aromatic rings. The minimum absolute atomic E-state index is 0.106. The van der Waals surface area contributed by atoms with Crippen LogP contribution in [0.5, 0.6) is 17.2 Å². The Hall–Kier alpha value is -3.71. The number of rotatable bonds is 7. The third-order valence-corrected chi connectivity index (χ3v) is 6.84. The smallest absolute Gasteiger partial charge is 0.254 e. The predicted molar refractivity (Wildman–Crippen MR) is 139 cm³/mol. The van der Waals surface area contributed by atoms with Crippen molar-refractivity contribution in [2.75, 3.05) is 34.4 Å². The van der Waals surface area contributed by atoms with Crippen molar-refractivity contribution >= 4 is 23.4 Å². The first-order chi connectivity index (χ1) is 17.4. The summed E-state index contributed by atoms with van der Waals surface area (Å²) in [7, 11) is 4.71. The third kappa shape index (κ3) is 5.41. The van der Waals surface area contributed by atoms with E-state index in [9.17, 15) is 9.59 Å². The fourth-order valence-corrected chi connectivity index (χ4v) is 4.76. The molecule has 0 bridgehead atoms. The number of benzene rings is 3. The standard InChI is InChI=1S/C28H29ClN2O5/c1-34-20-11-8-18(9-12-20)22-17-31(28(33)19-10-13-25(35-2)26(16-19)36-3)15-14-24(22)30-27(32)21-6-4-5-7-23(21)29/h4-13,16,22,24H,14-15,17H2,1-3H3,(H,30,32)/t22-,24-/m0/s1. The van der Waals surface area contributed by atoms with Crippen molar-refractivity contribution in [3.05, 3.63) is 88.4 Å². The van der Waals surface area contributed by atoms with E-state index in [0.29, 0.717) is 47.2 Å². The number of likely N-dealkylation sites (tertiary alicyclic amines) is 1. The van der Waals surface area contributed by atoms with E-state index in [1.165, 1.54) is 0 Å². The zero-order chi connectivity index (χ0) is 25.7. The molecule has 1 aliphatic heterocycles. The summed E-state index contributed by atoms with van der Waals surface area (Å²) in [5.74, 6) is 1.34. The molecule has 1 fully saturated rings. The van der Waals surface area contributed by atoms with Gasteiger partial charge in [-0.25, -0.2) is 0 Å². The third-order valence-electron chi connectivity index (χ3n) is 6.51. The molecule has 188 valence electrons. The normalized spacial score (nSPS) is 17.3. The molecule has 0 unspecified atom stereocenters. The molecular weight excluding hydrogens is 480 g/mol. The molecule has 0 spiro atoms. The Kier molecular flexibility index (Phi) is 8.00. The lowest BCUT2D eigenvalue weighted by molar-refractivity contribution is 0.0671. The van der Waals surface area contributed by atoms with Gasteiger partial charge in [-0.05, 0) is 54.4 Å². The summed E-state index contributed by atoms with van der Waals surface area (Å²) in [6, 6.07) is 19.7. The highest BCUT2D eigenvalue weighted by Gasteiger charge is 2.34. The van der Waals surface area contributed by atoms with Crippen molar-refractivity contribution in [2.45, 2.75) is 18.4 Å². The summed E-state index contributed by atoms with van der Waals surface area (Å²) in [6.45, 7) is 0.931. The Bertz CT molecular complexity index is 1230. The number of amides is 2. The maximum Gasteiger partial charge on any atom is 0.254 e. The molecule has 2 atom stereocenters. The first-order valence-corrected chi connectivity index (χ1v) is 12.0. The number of halogens is 1. The van der Waals surface area contributed by atoms with E-state index in [2.05, 4.69) is 5.32 Å². The van der Waals surface area contributed by atoms with Gasteiger partial charge in [-0.2, -0.15) is 0 Å². The van der Waals surface area contributed by atoms with Crippen LogP contribution in [0.4, 0.5) is 0 Å². The van der Waals surface area contributed by atoms with Crippen LogP contribution in [0.3, 0.4) is 0 Å². The molecule has 1 heterocycles. The summed E-state index contributed by atoms with van der Waals surface area (Å²) in [4.78, 5) is 28.3. The van der Waals surface area contributed by atoms with Crippen molar-refractivity contribution < 1.29 is 23.8 Å². The Morgan fingerprint density at radius 3 is 2.31 bits per heavy atom. The second kappa shape index (κ2) is 11.4. The number of nitrogens with zero attached hydrogens (tertiary/aromatic N) is 1. The SMILES string of the molecule is COc1ccc([C@@H]2CN(C(=O)c3ccc(OC)c(OC)c3)CC[C@@H]2NC(=O)c2ccccc2Cl)cc1. The van der Waals surface area contributed by atoms with E-state index < -0.39 is 0 Å². The number of ether oxygens (including phenoxy) is 3. The lowest BCUT2D eigenvalue weighted by Gasteiger charge is -2.39. The van der Waals surface area contributed by atoms with Crippen molar-refractivity contribution in [2.24, 2.45) is 0 Å². The van der Waals surface area contributed by atoms with Crippen molar-refractivity contribution in [1.29, 1.82) is 0 Å². The monoisotopic (exact) mass is 508 g/mol. The van der Waals surface area contributed by atoms with Gasteiger partial charge in [0.1, 0.15) is 5.75 Å². The molecule has 7 nitrogen and oxygen atoms in total. The fraction of sp³-hybridized carbons (Fsp3) is 0.286. The van der Waals surface area contributed by atoms with Gasteiger partial charge >= 0.3 is 0 Å². The lowest BCUT2D eigenvalue weighted by Crippen LogP contribution is -2.51. The Labute approximate surface area is 215 Å². The Balaban J connectivity index is 1.59. The molecule has 2 amide bonds. The van der Waals surface area contributed by atoms with Crippen LogP contribution >= 0.6 is 11.6 Å². The molecule has 3 aromatic carbocycles. The summed E-state index contributed by atoms with van der Waals surface area (Å²) in [5.41, 5.74) is 1.95. The van der Waals surface area contributed by atoms with Gasteiger partial charge in [0.25, 0.3) is 11.8 Å². The van der Waals surface area contributed by atoms with Crippen LogP contribution in [0.25, 0.3) is 0 Å². The molecule has 1 N–H and O–H groups in total. The molecule has 0 aromatic heterocycles. The molecule has 1 aliphatic rings. The van der Waals surface area contributed by atoms with Crippen LogP contribution in [0.2, 0.25) is 5.02 Å². The maximum absolute atomic E-state index is 13.4. The zero-order valence-electron chi connectivity index (χ0n) is 20.5. The molecule has 1 saturated heterocycles. The van der Waals surface area contributed by atoms with E-state index >= 15 is 0 Å². The van der Waals surface area contributed by atoms with Gasteiger partial charge in [0.2, 0.25) is 0 Å². The van der Waals surface area contributed by atoms with Crippen LogP contribution in [-0.2, 0) is 0 Å². The molecule has 0 radical (unpaired) electrons. The highest BCUT2D eigenvalue weighted by atomic mass is 35.5. The quantitative estimate of drug-likeness (QED) is 0.496. The predicted octanol–water partition coefficient (Wildman–Crippen LogP) is 4.79. The number of nitrogens with one attached hydrogen (secondary N) is 1. The second-order valence-corrected chi connectivity index (χ2v) is 8.96. The summed E-state index contributed by atoms with van der Waals surface area (Å²) in [6.07, 6.45) is 0.589. The highest BCUT2D eigenvalue weighted by molar-refractivity contribution is 6.33. The summed E-state index contributed by atoms with van der Waals surface area (Å²) >= 11 is 6.26. The van der Waals surface area contributed by atoms with Crippen LogP contribution in [0, 0.1) is 0 Å². The van der Waals surface area contributed by atoms with Crippen LogP contribution in [0.15, 0.2) is 66.7 Å². The minimum atomic E-state index is -0.233. The molecule has 0 aliphatic carbocycles. The van der Waals surface area contributed by atoms with E-state index in [4.69, 9.17) is 25.8 Å². The maximum atomic E-state index is 13.4. The van der Waals surface area contributed by atoms with E-state index in [-0.39, 0.29) is 23.8 Å². The van der Waals surface area contributed by atoms with E-state index in [1.807, 2.05) is 29.2 Å². The zero-order valence-corrected chi connectivity index (χ0v) is 21.2. The lowest BCUT2D eigenvalue weighted by atomic mass is 9.85. The molecular formula is C28H29ClN2O5.